The third kappa shape index (κ3) is 3.06. The number of carboxylic acid groups (broad SMARTS) is 1. The Morgan fingerprint density at radius 1 is 1.11 bits per heavy atom. The molecular weight excluding hydrogens is 270 g/mol. The Balaban J connectivity index is 2.47. The van der Waals surface area contributed by atoms with Gasteiger partial charge in [-0.15, -0.1) is 0 Å². The molecule has 0 saturated heterocycles. The van der Waals surface area contributed by atoms with Crippen LogP contribution in [0.15, 0.2) is 47.4 Å². The first-order chi connectivity index (χ1) is 9.09. The minimum absolute atomic E-state index is 0.224. The van der Waals surface area contributed by atoms with Crippen molar-refractivity contribution in [1.82, 2.24) is 0 Å². The summed E-state index contributed by atoms with van der Waals surface area (Å²) in [5.74, 6) is -3.48. The summed E-state index contributed by atoms with van der Waals surface area (Å²) >= 11 is 0.601. The van der Waals surface area contributed by atoms with Gasteiger partial charge in [-0.25, -0.2) is 13.6 Å². The van der Waals surface area contributed by atoms with Crippen LogP contribution in [0, 0.1) is 11.6 Å². The highest BCUT2D eigenvalue weighted by molar-refractivity contribution is 7.97. The summed E-state index contributed by atoms with van der Waals surface area (Å²) in [4.78, 5) is 11.8. The Labute approximate surface area is 112 Å². The van der Waals surface area contributed by atoms with Gasteiger partial charge in [0.05, 0.1) is 5.56 Å². The van der Waals surface area contributed by atoms with Gasteiger partial charge in [-0.2, -0.15) is 11.4 Å². The largest absolute Gasteiger partial charge is 0.478 e. The summed E-state index contributed by atoms with van der Waals surface area (Å²) < 4.78 is 26.8. The predicted octanol–water partition coefficient (Wildman–Crippen LogP) is 3.34. The van der Waals surface area contributed by atoms with E-state index in [1.165, 1.54) is 5.37 Å². The molecule has 0 aliphatic carbocycles. The van der Waals surface area contributed by atoms with Crippen LogP contribution in [-0.4, -0.2) is 16.4 Å². The van der Waals surface area contributed by atoms with Gasteiger partial charge in [0.2, 0.25) is 0 Å². The molecule has 0 unspecified atom stereocenters. The lowest BCUT2D eigenvalue weighted by atomic mass is 10.1. The number of halogens is 2. The van der Waals surface area contributed by atoms with Crippen molar-refractivity contribution in [1.29, 1.82) is 0 Å². The Hall–Kier alpha value is -2.01. The van der Waals surface area contributed by atoms with Crippen LogP contribution >= 0.6 is 11.4 Å². The summed E-state index contributed by atoms with van der Waals surface area (Å²) in [7, 11) is 0. The number of carboxylic acids is 1. The lowest BCUT2D eigenvalue weighted by Crippen LogP contribution is -2.05. The van der Waals surface area contributed by atoms with E-state index in [-0.39, 0.29) is 11.1 Å². The molecule has 0 saturated carbocycles. The van der Waals surface area contributed by atoms with Crippen LogP contribution in [0.3, 0.4) is 0 Å². The summed E-state index contributed by atoms with van der Waals surface area (Å²) in [5, 5.41) is 10.3. The lowest BCUT2D eigenvalue weighted by molar-refractivity contribution is 0.0696. The van der Waals surface area contributed by atoms with Crippen LogP contribution in [-0.2, 0) is 0 Å². The predicted molar refractivity (Wildman–Crippen MR) is 72.2 cm³/mol. The first-order valence-corrected chi connectivity index (χ1v) is 6.36. The van der Waals surface area contributed by atoms with Crippen molar-refractivity contribution < 1.29 is 18.7 Å². The van der Waals surface area contributed by atoms with E-state index in [1.54, 1.807) is 0 Å². The molecule has 0 fully saturated rings. The Morgan fingerprint density at radius 3 is 2.42 bits per heavy atom. The van der Waals surface area contributed by atoms with Gasteiger partial charge in [0, 0.05) is 5.56 Å². The standard InChI is InChI=1S/C14H10F2O2S/c15-12-7-6-10(14(17)18)11(13(12)16)8-19-9-4-2-1-3-5-9/h1-8,19H,(H,17,18). The molecule has 0 heterocycles. The zero-order valence-corrected chi connectivity index (χ0v) is 10.6. The number of carbonyl (C=O) groups is 1. The Bertz CT molecular complexity index is 639. The van der Waals surface area contributed by atoms with E-state index in [4.69, 9.17) is 5.11 Å². The number of aromatic carboxylic acids is 1. The second kappa shape index (κ2) is 5.75. The van der Waals surface area contributed by atoms with Crippen LogP contribution in [0.2, 0.25) is 0 Å². The molecule has 5 heteroatoms. The Morgan fingerprint density at radius 2 is 1.79 bits per heavy atom. The van der Waals surface area contributed by atoms with E-state index in [9.17, 15) is 13.6 Å². The molecule has 19 heavy (non-hydrogen) atoms. The first kappa shape index (κ1) is 13.4. The maximum absolute atomic E-state index is 13.7. The van der Waals surface area contributed by atoms with Crippen LogP contribution in [0.4, 0.5) is 8.78 Å². The monoisotopic (exact) mass is 280 g/mol. The van der Waals surface area contributed by atoms with Crippen molar-refractivity contribution in [2.75, 3.05) is 0 Å². The van der Waals surface area contributed by atoms with Crippen molar-refractivity contribution in [2.24, 2.45) is 0 Å². The second-order valence-corrected chi connectivity index (χ2v) is 4.75. The highest BCUT2D eigenvalue weighted by Crippen LogP contribution is 2.18. The number of hydrogen-bond donors (Lipinski definition) is 2. The average Bonchev–Trinajstić information content (AvgIpc) is 2.41. The molecule has 0 amide bonds. The maximum Gasteiger partial charge on any atom is 0.336 e. The third-order valence-electron chi connectivity index (χ3n) is 2.46. The van der Waals surface area contributed by atoms with E-state index >= 15 is 0 Å². The van der Waals surface area contributed by atoms with Gasteiger partial charge in [-0.1, -0.05) is 18.2 Å². The summed E-state index contributed by atoms with van der Waals surface area (Å²) in [6, 6.07) is 11.0. The SMILES string of the molecule is O=C(O)c1ccc(F)c(F)c1C=[SH]c1ccccc1. The van der Waals surface area contributed by atoms with Crippen molar-refractivity contribution in [2.45, 2.75) is 4.90 Å². The molecule has 2 aromatic carbocycles. The molecule has 0 bridgehead atoms. The van der Waals surface area contributed by atoms with Gasteiger partial charge in [-0.05, 0) is 34.5 Å². The summed E-state index contributed by atoms with van der Waals surface area (Å²) in [6.45, 7) is 0. The number of rotatable bonds is 3. The molecule has 98 valence electrons. The fourth-order valence-electron chi connectivity index (χ4n) is 1.53. The molecule has 1 N–H and O–H groups in total. The van der Waals surface area contributed by atoms with Crippen molar-refractivity contribution >= 4 is 22.7 Å². The second-order valence-electron chi connectivity index (χ2n) is 3.72. The zero-order chi connectivity index (χ0) is 13.8. The topological polar surface area (TPSA) is 37.3 Å². The van der Waals surface area contributed by atoms with Crippen LogP contribution in [0.1, 0.15) is 15.9 Å². The smallest absolute Gasteiger partial charge is 0.336 e. The molecule has 0 atom stereocenters. The van der Waals surface area contributed by atoms with Crippen molar-refractivity contribution in [3.05, 3.63) is 65.2 Å². The van der Waals surface area contributed by atoms with Gasteiger partial charge in [0.15, 0.2) is 11.6 Å². The molecule has 0 spiro atoms. The van der Waals surface area contributed by atoms with E-state index in [0.29, 0.717) is 11.4 Å². The van der Waals surface area contributed by atoms with Crippen LogP contribution in [0.5, 0.6) is 0 Å². The maximum atomic E-state index is 13.7. The number of hydrogen-bond acceptors (Lipinski definition) is 1. The van der Waals surface area contributed by atoms with Crippen LogP contribution in [0.25, 0.3) is 0 Å². The first-order valence-electron chi connectivity index (χ1n) is 5.40. The average molecular weight is 280 g/mol. The minimum atomic E-state index is -1.28. The molecular formula is C14H10F2O2S. The summed E-state index contributed by atoms with van der Waals surface area (Å²) in [5.41, 5.74) is -0.472. The number of thiol groups is 1. The van der Waals surface area contributed by atoms with Gasteiger partial charge in [0.1, 0.15) is 0 Å². The minimum Gasteiger partial charge on any atom is -0.478 e. The van der Waals surface area contributed by atoms with Gasteiger partial charge in [-0.3, -0.25) is 0 Å². The fraction of sp³-hybridized carbons (Fsp3) is 0. The van der Waals surface area contributed by atoms with Gasteiger partial charge in [0.25, 0.3) is 0 Å². The zero-order valence-electron chi connectivity index (χ0n) is 9.68. The number of benzene rings is 2. The van der Waals surface area contributed by atoms with Crippen molar-refractivity contribution in [3.8, 4) is 0 Å². The van der Waals surface area contributed by atoms with Gasteiger partial charge >= 0.3 is 5.97 Å². The highest BCUT2D eigenvalue weighted by Gasteiger charge is 2.15. The van der Waals surface area contributed by atoms with E-state index in [1.807, 2.05) is 30.3 Å². The summed E-state index contributed by atoms with van der Waals surface area (Å²) in [6.07, 6.45) is 0. The molecule has 2 aromatic rings. The molecule has 0 aromatic heterocycles. The molecule has 2 rings (SSSR count). The molecule has 0 radical (unpaired) electrons. The van der Waals surface area contributed by atoms with E-state index in [2.05, 4.69) is 0 Å². The molecule has 2 nitrogen and oxygen atoms in total. The Kier molecular flexibility index (Phi) is 4.06. The quantitative estimate of drug-likeness (QED) is 0.668. The van der Waals surface area contributed by atoms with Crippen molar-refractivity contribution in [3.63, 3.8) is 0 Å². The fourth-order valence-corrected chi connectivity index (χ4v) is 2.41. The third-order valence-corrected chi connectivity index (χ3v) is 3.45. The normalized spacial score (nSPS) is 11.3. The molecule has 0 aliphatic rings. The van der Waals surface area contributed by atoms with Gasteiger partial charge < -0.3 is 5.11 Å². The lowest BCUT2D eigenvalue weighted by Gasteiger charge is -2.03. The van der Waals surface area contributed by atoms with E-state index in [0.717, 1.165) is 17.0 Å². The highest BCUT2D eigenvalue weighted by atomic mass is 32.1. The van der Waals surface area contributed by atoms with Crippen LogP contribution < -0.4 is 0 Å². The van der Waals surface area contributed by atoms with E-state index < -0.39 is 17.6 Å². The molecule has 0 aliphatic heterocycles.